The minimum atomic E-state index is -4.72. The first kappa shape index (κ1) is 15.6. The summed E-state index contributed by atoms with van der Waals surface area (Å²) in [5, 5.41) is 12.0. The Morgan fingerprint density at radius 3 is 2.87 bits per heavy atom. The first-order valence-electron chi connectivity index (χ1n) is 6.74. The maximum absolute atomic E-state index is 13.4. The number of aromatic amines is 1. The summed E-state index contributed by atoms with van der Waals surface area (Å²) in [6.07, 6.45) is -3.31. The van der Waals surface area contributed by atoms with Gasteiger partial charge in [-0.25, -0.2) is 4.79 Å². The molecule has 5 nitrogen and oxygen atoms in total. The average Bonchev–Trinajstić information content (AvgIpc) is 3.15. The van der Waals surface area contributed by atoms with Crippen molar-refractivity contribution in [1.29, 1.82) is 0 Å². The third-order valence-corrected chi connectivity index (χ3v) is 4.14. The molecule has 0 aromatic carbocycles. The topological polar surface area (TPSA) is 67.0 Å². The van der Waals surface area contributed by atoms with Crippen LogP contribution in [0, 0.1) is 0 Å². The molecule has 122 valence electrons. The van der Waals surface area contributed by atoms with Crippen LogP contribution in [0.2, 0.25) is 0 Å². The van der Waals surface area contributed by atoms with Crippen LogP contribution in [0.5, 0.6) is 0 Å². The quantitative estimate of drug-likeness (QED) is 0.838. The molecule has 1 unspecified atom stereocenters. The second-order valence-corrected chi connectivity index (χ2v) is 5.60. The molecule has 1 atom stereocenters. The Labute approximate surface area is 133 Å². The highest BCUT2D eigenvalue weighted by molar-refractivity contribution is 7.08. The maximum Gasteiger partial charge on any atom is 0.431 e. The van der Waals surface area contributed by atoms with Crippen molar-refractivity contribution >= 4 is 23.1 Å². The summed E-state index contributed by atoms with van der Waals surface area (Å²) >= 11 is 1.34. The number of ether oxygens (including phenoxy) is 1. The second-order valence-electron chi connectivity index (χ2n) is 4.82. The molecule has 0 fully saturated rings. The molecule has 1 aliphatic rings. The SMILES string of the molecule is CCOC(=O)C1=C(C(F)(F)F)Nc2[nH]ncc2C1c1ccsc1. The monoisotopic (exact) mass is 343 g/mol. The molecule has 23 heavy (non-hydrogen) atoms. The molecule has 0 aliphatic carbocycles. The number of alkyl halides is 3. The largest absolute Gasteiger partial charge is 0.463 e. The fraction of sp³-hybridized carbons (Fsp3) is 0.286. The van der Waals surface area contributed by atoms with E-state index in [0.717, 1.165) is 0 Å². The first-order valence-corrected chi connectivity index (χ1v) is 7.68. The number of aromatic nitrogens is 2. The molecule has 0 radical (unpaired) electrons. The Bertz CT molecular complexity index is 750. The number of H-pyrrole nitrogens is 1. The summed E-state index contributed by atoms with van der Waals surface area (Å²) in [6.45, 7) is 1.53. The highest BCUT2D eigenvalue weighted by Gasteiger charge is 2.46. The number of fused-ring (bicyclic) bond motifs is 1. The smallest absolute Gasteiger partial charge is 0.431 e. The molecule has 0 saturated heterocycles. The highest BCUT2D eigenvalue weighted by Crippen LogP contribution is 2.45. The lowest BCUT2D eigenvalue weighted by Crippen LogP contribution is -2.31. The number of hydrogen-bond acceptors (Lipinski definition) is 5. The van der Waals surface area contributed by atoms with Crippen LogP contribution >= 0.6 is 11.3 Å². The Balaban J connectivity index is 2.22. The van der Waals surface area contributed by atoms with Crippen molar-refractivity contribution in [1.82, 2.24) is 10.2 Å². The summed E-state index contributed by atoms with van der Waals surface area (Å²) in [7, 11) is 0. The number of allylic oxidation sites excluding steroid dienone is 1. The molecule has 1 aliphatic heterocycles. The molecular formula is C14H12F3N3O2S. The van der Waals surface area contributed by atoms with E-state index in [0.29, 0.717) is 11.1 Å². The minimum absolute atomic E-state index is 0.0118. The average molecular weight is 343 g/mol. The van der Waals surface area contributed by atoms with Gasteiger partial charge in [-0.2, -0.15) is 29.6 Å². The zero-order chi connectivity index (χ0) is 16.6. The molecule has 0 bridgehead atoms. The molecule has 0 spiro atoms. The van der Waals surface area contributed by atoms with Crippen molar-refractivity contribution < 1.29 is 22.7 Å². The summed E-state index contributed by atoms with van der Waals surface area (Å²) in [6, 6.07) is 1.69. The van der Waals surface area contributed by atoms with Gasteiger partial charge < -0.3 is 10.1 Å². The molecule has 0 amide bonds. The number of hydrogen-bond donors (Lipinski definition) is 2. The van der Waals surface area contributed by atoms with Gasteiger partial charge in [0, 0.05) is 11.5 Å². The number of rotatable bonds is 3. The van der Waals surface area contributed by atoms with Gasteiger partial charge >= 0.3 is 12.1 Å². The normalized spacial score (nSPS) is 17.7. The van der Waals surface area contributed by atoms with Gasteiger partial charge in [-0.15, -0.1) is 0 Å². The number of carbonyl (C=O) groups is 1. The molecule has 2 N–H and O–H groups in total. The van der Waals surface area contributed by atoms with Crippen LogP contribution in [0.1, 0.15) is 24.0 Å². The third kappa shape index (κ3) is 2.72. The van der Waals surface area contributed by atoms with E-state index in [2.05, 4.69) is 15.5 Å². The van der Waals surface area contributed by atoms with Gasteiger partial charge in [-0.3, -0.25) is 5.10 Å². The van der Waals surface area contributed by atoms with Crippen molar-refractivity contribution in [2.45, 2.75) is 19.0 Å². The summed E-state index contributed by atoms with van der Waals surface area (Å²) < 4.78 is 45.2. The first-order chi connectivity index (χ1) is 10.9. The summed E-state index contributed by atoms with van der Waals surface area (Å²) in [5.74, 6) is -1.75. The van der Waals surface area contributed by atoms with Crippen LogP contribution in [0.3, 0.4) is 0 Å². The van der Waals surface area contributed by atoms with E-state index in [1.54, 1.807) is 23.8 Å². The van der Waals surface area contributed by atoms with Crippen LogP contribution in [-0.4, -0.2) is 28.9 Å². The van der Waals surface area contributed by atoms with Crippen molar-refractivity contribution in [2.24, 2.45) is 0 Å². The summed E-state index contributed by atoms with van der Waals surface area (Å²) in [5.41, 5.74) is -0.515. The van der Waals surface area contributed by atoms with Gasteiger partial charge in [0.05, 0.1) is 18.4 Å². The van der Waals surface area contributed by atoms with Crippen LogP contribution in [0.25, 0.3) is 0 Å². The third-order valence-electron chi connectivity index (χ3n) is 3.44. The number of nitrogens with one attached hydrogen (secondary N) is 2. The van der Waals surface area contributed by atoms with E-state index < -0.39 is 29.3 Å². The van der Waals surface area contributed by atoms with Crippen LogP contribution < -0.4 is 5.32 Å². The Hall–Kier alpha value is -2.29. The van der Waals surface area contributed by atoms with Gasteiger partial charge in [0.1, 0.15) is 11.5 Å². The molecule has 3 rings (SSSR count). The van der Waals surface area contributed by atoms with E-state index in [1.807, 2.05) is 0 Å². The number of anilines is 1. The number of esters is 1. The lowest BCUT2D eigenvalue weighted by Gasteiger charge is -2.28. The number of thiophene rings is 1. The van der Waals surface area contributed by atoms with E-state index in [-0.39, 0.29) is 12.4 Å². The molecular weight excluding hydrogens is 331 g/mol. The molecule has 2 aromatic heterocycles. The van der Waals surface area contributed by atoms with Crippen LogP contribution in [0.15, 0.2) is 34.3 Å². The van der Waals surface area contributed by atoms with Gasteiger partial charge in [0.25, 0.3) is 0 Å². The van der Waals surface area contributed by atoms with Gasteiger partial charge in [-0.05, 0) is 29.3 Å². The standard InChI is InChI=1S/C14H12F3N3O2S/c1-2-22-13(21)10-9(7-3-4-23-6-7)8-5-18-20-12(8)19-11(10)14(15,16)17/h3-6,9H,2H2,1H3,(H2,18,19,20). The number of halogens is 3. The van der Waals surface area contributed by atoms with Crippen molar-refractivity contribution in [2.75, 3.05) is 11.9 Å². The fourth-order valence-electron chi connectivity index (χ4n) is 2.54. The van der Waals surface area contributed by atoms with Crippen molar-refractivity contribution in [3.63, 3.8) is 0 Å². The maximum atomic E-state index is 13.4. The van der Waals surface area contributed by atoms with Crippen molar-refractivity contribution in [3.05, 3.63) is 45.4 Å². The number of nitrogens with zero attached hydrogens (tertiary/aromatic N) is 1. The molecule has 3 heterocycles. The Kier molecular flexibility index (Phi) is 3.88. The lowest BCUT2D eigenvalue weighted by atomic mass is 9.84. The zero-order valence-corrected chi connectivity index (χ0v) is 12.7. The summed E-state index contributed by atoms with van der Waals surface area (Å²) in [4.78, 5) is 12.2. The predicted octanol–water partition coefficient (Wildman–Crippen LogP) is 3.41. The predicted molar refractivity (Wildman–Crippen MR) is 78.1 cm³/mol. The van der Waals surface area contributed by atoms with Gasteiger partial charge in [-0.1, -0.05) is 0 Å². The van der Waals surface area contributed by atoms with Gasteiger partial charge in [0.2, 0.25) is 0 Å². The second kappa shape index (κ2) is 5.73. The lowest BCUT2D eigenvalue weighted by molar-refractivity contribution is -0.140. The molecule has 0 saturated carbocycles. The Morgan fingerprint density at radius 2 is 2.26 bits per heavy atom. The van der Waals surface area contributed by atoms with E-state index in [1.165, 1.54) is 17.5 Å². The minimum Gasteiger partial charge on any atom is -0.463 e. The van der Waals surface area contributed by atoms with Gasteiger partial charge in [0.15, 0.2) is 0 Å². The highest BCUT2D eigenvalue weighted by atomic mass is 32.1. The van der Waals surface area contributed by atoms with Crippen LogP contribution in [0.4, 0.5) is 19.0 Å². The Morgan fingerprint density at radius 1 is 1.48 bits per heavy atom. The molecule has 9 heteroatoms. The number of carbonyl (C=O) groups excluding carboxylic acids is 1. The fourth-order valence-corrected chi connectivity index (χ4v) is 3.23. The van der Waals surface area contributed by atoms with Crippen molar-refractivity contribution in [3.8, 4) is 0 Å². The van der Waals surface area contributed by atoms with E-state index >= 15 is 0 Å². The zero-order valence-electron chi connectivity index (χ0n) is 11.9. The van der Waals surface area contributed by atoms with Crippen LogP contribution in [-0.2, 0) is 9.53 Å². The molecule has 2 aromatic rings. The van der Waals surface area contributed by atoms with E-state index in [4.69, 9.17) is 4.74 Å². The van der Waals surface area contributed by atoms with E-state index in [9.17, 15) is 18.0 Å².